The van der Waals surface area contributed by atoms with E-state index in [1.807, 2.05) is 22.6 Å². The number of halogens is 3. The molecule has 0 N–H and O–H groups in total. The van der Waals surface area contributed by atoms with Crippen molar-refractivity contribution >= 4 is 62.4 Å². The summed E-state index contributed by atoms with van der Waals surface area (Å²) in [6.07, 6.45) is 1.12. The number of benzene rings is 1. The molecule has 0 aliphatic carbocycles. The van der Waals surface area contributed by atoms with E-state index in [1.165, 1.54) is 0 Å². The fourth-order valence-corrected chi connectivity index (χ4v) is 2.69. The highest BCUT2D eigenvalue weighted by Gasteiger charge is 2.19. The summed E-state index contributed by atoms with van der Waals surface area (Å²) < 4.78 is 0.776. The lowest BCUT2D eigenvalue weighted by Gasteiger charge is -2.04. The van der Waals surface area contributed by atoms with Crippen LogP contribution >= 0.6 is 45.8 Å². The molecule has 82 valence electrons. The van der Waals surface area contributed by atoms with Gasteiger partial charge in [0.2, 0.25) is 0 Å². The zero-order valence-corrected chi connectivity index (χ0v) is 11.2. The van der Waals surface area contributed by atoms with Crippen LogP contribution in [0.3, 0.4) is 0 Å². The fraction of sp³-hybridized carbons (Fsp3) is 0. The molecule has 0 fully saturated rings. The predicted molar refractivity (Wildman–Crippen MR) is 71.1 cm³/mol. The molecule has 0 amide bonds. The van der Waals surface area contributed by atoms with E-state index in [4.69, 9.17) is 23.2 Å². The van der Waals surface area contributed by atoms with E-state index < -0.39 is 4.92 Å². The SMILES string of the molecule is O=[N+]([O-])c1cnc2c(Cl)ccc(I)c2c1Cl. The molecule has 0 unspecified atom stereocenters. The number of nitro groups is 1. The van der Waals surface area contributed by atoms with E-state index in [-0.39, 0.29) is 10.7 Å². The highest BCUT2D eigenvalue weighted by molar-refractivity contribution is 14.1. The minimum absolute atomic E-state index is 0.0712. The van der Waals surface area contributed by atoms with Crippen LogP contribution in [0.15, 0.2) is 18.3 Å². The van der Waals surface area contributed by atoms with Gasteiger partial charge in [0.05, 0.1) is 15.5 Å². The molecule has 0 spiro atoms. The maximum atomic E-state index is 10.7. The first-order valence-electron chi connectivity index (χ1n) is 4.09. The molecule has 1 aromatic carbocycles. The van der Waals surface area contributed by atoms with E-state index in [0.717, 1.165) is 9.77 Å². The molecular weight excluding hydrogens is 366 g/mol. The highest BCUT2D eigenvalue weighted by Crippen LogP contribution is 2.36. The Balaban J connectivity index is 2.94. The van der Waals surface area contributed by atoms with Crippen LogP contribution in [0.1, 0.15) is 0 Å². The first-order valence-corrected chi connectivity index (χ1v) is 5.92. The number of hydrogen-bond donors (Lipinski definition) is 0. The molecule has 1 aromatic heterocycles. The van der Waals surface area contributed by atoms with Gasteiger partial charge in [0, 0.05) is 8.96 Å². The number of hydrogen-bond acceptors (Lipinski definition) is 3. The summed E-state index contributed by atoms with van der Waals surface area (Å²) in [7, 11) is 0. The van der Waals surface area contributed by atoms with Crippen molar-refractivity contribution in [3.05, 3.63) is 42.1 Å². The number of aromatic nitrogens is 1. The Morgan fingerprint density at radius 1 is 1.38 bits per heavy atom. The standard InChI is InChI=1S/C9H3Cl2IN2O2/c10-4-1-2-5(12)7-8(11)6(14(15)16)3-13-9(4)7/h1-3H. The maximum absolute atomic E-state index is 10.7. The second-order valence-corrected chi connectivity index (χ2v) is 4.91. The van der Waals surface area contributed by atoms with Gasteiger partial charge in [-0.1, -0.05) is 23.2 Å². The summed E-state index contributed by atoms with van der Waals surface area (Å²) in [6.45, 7) is 0. The zero-order valence-electron chi connectivity index (χ0n) is 7.58. The molecule has 4 nitrogen and oxygen atoms in total. The van der Waals surface area contributed by atoms with E-state index in [1.54, 1.807) is 12.1 Å². The molecule has 0 bridgehead atoms. The van der Waals surface area contributed by atoms with Crippen molar-refractivity contribution < 1.29 is 4.92 Å². The average Bonchev–Trinajstić information content (AvgIpc) is 2.23. The maximum Gasteiger partial charge on any atom is 0.306 e. The molecule has 0 saturated heterocycles. The Bertz CT molecular complexity index is 604. The topological polar surface area (TPSA) is 56.0 Å². The number of fused-ring (bicyclic) bond motifs is 1. The molecule has 0 aliphatic heterocycles. The zero-order chi connectivity index (χ0) is 11.9. The second kappa shape index (κ2) is 4.31. The molecular formula is C9H3Cl2IN2O2. The van der Waals surface area contributed by atoms with Gasteiger partial charge < -0.3 is 0 Å². The van der Waals surface area contributed by atoms with Crippen LogP contribution in [0, 0.1) is 13.7 Å². The Morgan fingerprint density at radius 2 is 2.06 bits per heavy atom. The molecule has 0 aliphatic rings. The summed E-state index contributed by atoms with van der Waals surface area (Å²) in [5.41, 5.74) is 0.263. The van der Waals surface area contributed by atoms with Gasteiger partial charge in [-0.3, -0.25) is 10.1 Å². The van der Waals surface area contributed by atoms with Gasteiger partial charge in [-0.25, -0.2) is 4.98 Å². The minimum atomic E-state index is -0.564. The number of nitrogens with zero attached hydrogens (tertiary/aromatic N) is 2. The molecule has 1 heterocycles. The third-order valence-electron chi connectivity index (χ3n) is 2.03. The van der Waals surface area contributed by atoms with Crippen molar-refractivity contribution in [2.45, 2.75) is 0 Å². The summed E-state index contributed by atoms with van der Waals surface area (Å²) in [5, 5.41) is 11.7. The van der Waals surface area contributed by atoms with Crippen molar-refractivity contribution in [2.24, 2.45) is 0 Å². The number of pyridine rings is 1. The number of rotatable bonds is 1. The first kappa shape index (κ1) is 11.8. The monoisotopic (exact) mass is 368 g/mol. The fourth-order valence-electron chi connectivity index (χ4n) is 1.31. The van der Waals surface area contributed by atoms with Crippen LogP contribution in [0.5, 0.6) is 0 Å². The lowest BCUT2D eigenvalue weighted by Crippen LogP contribution is -1.93. The van der Waals surface area contributed by atoms with Crippen LogP contribution in [-0.4, -0.2) is 9.91 Å². The first-order chi connectivity index (χ1) is 7.52. The summed E-state index contributed by atoms with van der Waals surface area (Å²) in [6, 6.07) is 3.42. The van der Waals surface area contributed by atoms with Gasteiger partial charge in [-0.2, -0.15) is 0 Å². The smallest absolute Gasteiger partial charge is 0.258 e. The van der Waals surface area contributed by atoms with E-state index in [2.05, 4.69) is 4.98 Å². The van der Waals surface area contributed by atoms with Crippen LogP contribution in [0.25, 0.3) is 10.9 Å². The largest absolute Gasteiger partial charge is 0.306 e. The Morgan fingerprint density at radius 3 is 2.69 bits per heavy atom. The Kier molecular flexibility index (Phi) is 3.18. The van der Waals surface area contributed by atoms with Gasteiger partial charge in [-0.15, -0.1) is 0 Å². The lowest BCUT2D eigenvalue weighted by molar-refractivity contribution is -0.384. The van der Waals surface area contributed by atoms with Crippen molar-refractivity contribution in [3.8, 4) is 0 Å². The quantitative estimate of drug-likeness (QED) is 0.433. The van der Waals surface area contributed by atoms with Gasteiger partial charge >= 0.3 is 5.69 Å². The average molecular weight is 369 g/mol. The summed E-state index contributed by atoms with van der Waals surface area (Å²) in [5.74, 6) is 0. The Labute approximate surface area is 114 Å². The van der Waals surface area contributed by atoms with E-state index in [9.17, 15) is 10.1 Å². The minimum Gasteiger partial charge on any atom is -0.258 e. The van der Waals surface area contributed by atoms with Crippen LogP contribution in [0.4, 0.5) is 5.69 Å². The molecule has 16 heavy (non-hydrogen) atoms. The van der Waals surface area contributed by atoms with Crippen molar-refractivity contribution in [3.63, 3.8) is 0 Å². The van der Waals surface area contributed by atoms with Gasteiger partial charge in [0.1, 0.15) is 11.2 Å². The predicted octanol–water partition coefficient (Wildman–Crippen LogP) is 4.05. The van der Waals surface area contributed by atoms with Gasteiger partial charge in [0.25, 0.3) is 0 Å². The van der Waals surface area contributed by atoms with Crippen LogP contribution < -0.4 is 0 Å². The Hall–Kier alpha value is -0.660. The van der Waals surface area contributed by atoms with Crippen LogP contribution in [0.2, 0.25) is 10.0 Å². The van der Waals surface area contributed by atoms with E-state index in [0.29, 0.717) is 15.9 Å². The lowest BCUT2D eigenvalue weighted by atomic mass is 10.2. The van der Waals surface area contributed by atoms with Gasteiger partial charge in [-0.05, 0) is 34.7 Å². The molecule has 7 heteroatoms. The highest BCUT2D eigenvalue weighted by atomic mass is 127. The molecule has 0 radical (unpaired) electrons. The second-order valence-electron chi connectivity index (χ2n) is 2.97. The normalized spacial score (nSPS) is 10.7. The van der Waals surface area contributed by atoms with Crippen molar-refractivity contribution in [1.82, 2.24) is 4.98 Å². The van der Waals surface area contributed by atoms with Crippen LogP contribution in [-0.2, 0) is 0 Å². The van der Waals surface area contributed by atoms with Gasteiger partial charge in [0.15, 0.2) is 0 Å². The molecule has 0 atom stereocenters. The van der Waals surface area contributed by atoms with E-state index >= 15 is 0 Å². The third-order valence-corrected chi connectivity index (χ3v) is 3.62. The third kappa shape index (κ3) is 1.83. The molecule has 2 rings (SSSR count). The van der Waals surface area contributed by atoms with Crippen molar-refractivity contribution in [1.29, 1.82) is 0 Å². The summed E-state index contributed by atoms with van der Waals surface area (Å²) in [4.78, 5) is 14.1. The summed E-state index contributed by atoms with van der Waals surface area (Å²) >= 11 is 13.9. The van der Waals surface area contributed by atoms with Crippen molar-refractivity contribution in [2.75, 3.05) is 0 Å². The molecule has 0 saturated carbocycles. The molecule has 2 aromatic rings.